The molecule has 2 heterocycles. The largest absolute Gasteiger partial charge is 0.495 e. The van der Waals surface area contributed by atoms with Gasteiger partial charge in [0, 0.05) is 41.5 Å². The normalized spacial score (nSPS) is 22.4. The van der Waals surface area contributed by atoms with Crippen molar-refractivity contribution in [2.75, 3.05) is 25.5 Å². The number of anilines is 1. The van der Waals surface area contributed by atoms with E-state index in [0.29, 0.717) is 36.0 Å². The van der Waals surface area contributed by atoms with Crippen LogP contribution in [0, 0.1) is 0 Å². The van der Waals surface area contributed by atoms with Crippen molar-refractivity contribution in [3.8, 4) is 5.75 Å². The van der Waals surface area contributed by atoms with Crippen molar-refractivity contribution in [1.29, 1.82) is 0 Å². The molecule has 2 atom stereocenters. The molecule has 1 aromatic carbocycles. The van der Waals surface area contributed by atoms with E-state index < -0.39 is 5.54 Å². The lowest BCUT2D eigenvalue weighted by Crippen LogP contribution is -2.57. The Balaban J connectivity index is 1.51. The molecule has 0 spiro atoms. The molecule has 31 heavy (non-hydrogen) atoms. The number of aromatic nitrogens is 1. The Bertz CT molecular complexity index is 947. The topological polar surface area (TPSA) is 110 Å². The minimum atomic E-state index is -0.554. The van der Waals surface area contributed by atoms with Crippen molar-refractivity contribution in [2.45, 2.75) is 36.8 Å². The van der Waals surface area contributed by atoms with E-state index in [0.717, 1.165) is 18.5 Å². The summed E-state index contributed by atoms with van der Waals surface area (Å²) in [4.78, 5) is 31.4. The second kappa shape index (κ2) is 8.72. The third kappa shape index (κ3) is 4.60. The molecular formula is C22H26ClN5O3. The van der Waals surface area contributed by atoms with Crippen LogP contribution >= 0.6 is 11.6 Å². The van der Waals surface area contributed by atoms with Crippen LogP contribution < -0.4 is 21.1 Å². The van der Waals surface area contributed by atoms with Gasteiger partial charge < -0.3 is 21.1 Å². The number of ether oxygens (including phenoxy) is 1. The van der Waals surface area contributed by atoms with Crippen LogP contribution in [-0.4, -0.2) is 53.6 Å². The summed E-state index contributed by atoms with van der Waals surface area (Å²) in [7, 11) is 1.59. The molecule has 1 aliphatic carbocycles. The summed E-state index contributed by atoms with van der Waals surface area (Å²) in [5, 5.41) is 6.53. The van der Waals surface area contributed by atoms with Gasteiger partial charge in [-0.25, -0.2) is 4.79 Å². The lowest BCUT2D eigenvalue weighted by Gasteiger charge is -2.41. The highest BCUT2D eigenvalue weighted by molar-refractivity contribution is 6.30. The number of pyridine rings is 1. The molecule has 1 saturated heterocycles. The Hall–Kier alpha value is -2.84. The van der Waals surface area contributed by atoms with E-state index in [4.69, 9.17) is 22.1 Å². The van der Waals surface area contributed by atoms with E-state index in [-0.39, 0.29) is 23.9 Å². The Morgan fingerprint density at radius 1 is 1.23 bits per heavy atom. The highest BCUT2D eigenvalue weighted by Crippen LogP contribution is 2.44. The van der Waals surface area contributed by atoms with Crippen LogP contribution in [0.4, 0.5) is 10.5 Å². The van der Waals surface area contributed by atoms with Gasteiger partial charge in [-0.05, 0) is 55.7 Å². The minimum Gasteiger partial charge on any atom is -0.495 e. The number of benzene rings is 1. The number of methoxy groups -OCH3 is 1. The molecule has 3 amide bonds. The van der Waals surface area contributed by atoms with Crippen LogP contribution in [0.2, 0.25) is 5.02 Å². The van der Waals surface area contributed by atoms with Gasteiger partial charge >= 0.3 is 6.03 Å². The number of likely N-dealkylation sites (tertiary alicyclic amines) is 1. The summed E-state index contributed by atoms with van der Waals surface area (Å²) in [6.07, 6.45) is 3.90. The molecule has 4 N–H and O–H groups in total. The summed E-state index contributed by atoms with van der Waals surface area (Å²) in [6, 6.07) is 10.3. The highest BCUT2D eigenvalue weighted by atomic mass is 35.5. The Kier molecular flexibility index (Phi) is 6.02. The zero-order valence-corrected chi connectivity index (χ0v) is 18.1. The standard InChI is InChI=1S/C22H26ClN5O3/c1-31-16-6-7-18(25-12-16)17-13-28(22(9-10-22)20(24)29)11-8-19(17)27-21(30)26-15-4-2-14(23)3-5-15/h2-7,12,17,19H,8-11,13H2,1H3,(H2,24,29)(H2,26,27,30)/t17-,19+/m0/s1. The van der Waals surface area contributed by atoms with Gasteiger partial charge in [-0.1, -0.05) is 11.6 Å². The van der Waals surface area contributed by atoms with Crippen LogP contribution in [0.3, 0.4) is 0 Å². The average Bonchev–Trinajstić information content (AvgIpc) is 3.58. The van der Waals surface area contributed by atoms with Gasteiger partial charge in [0.2, 0.25) is 5.91 Å². The lowest BCUT2D eigenvalue weighted by atomic mass is 9.87. The molecule has 2 aliphatic rings. The molecular weight excluding hydrogens is 418 g/mol. The quantitative estimate of drug-likeness (QED) is 0.636. The second-order valence-electron chi connectivity index (χ2n) is 8.07. The number of carbonyl (C=O) groups is 2. The maximum absolute atomic E-state index is 12.7. The van der Waals surface area contributed by atoms with E-state index in [9.17, 15) is 9.59 Å². The summed E-state index contributed by atoms with van der Waals surface area (Å²) >= 11 is 5.91. The lowest BCUT2D eigenvalue weighted by molar-refractivity contribution is -0.125. The first-order valence-corrected chi connectivity index (χ1v) is 10.7. The first-order chi connectivity index (χ1) is 14.9. The molecule has 164 valence electrons. The van der Waals surface area contributed by atoms with E-state index >= 15 is 0 Å². The zero-order chi connectivity index (χ0) is 22.0. The number of nitrogens with zero attached hydrogens (tertiary/aromatic N) is 2. The van der Waals surface area contributed by atoms with Gasteiger partial charge in [-0.2, -0.15) is 0 Å². The molecule has 1 aliphatic heterocycles. The van der Waals surface area contributed by atoms with E-state index in [2.05, 4.69) is 20.5 Å². The third-order valence-electron chi connectivity index (χ3n) is 6.19. The first kappa shape index (κ1) is 21.4. The number of piperidine rings is 1. The molecule has 8 nitrogen and oxygen atoms in total. The van der Waals surface area contributed by atoms with Crippen molar-refractivity contribution in [3.63, 3.8) is 0 Å². The monoisotopic (exact) mass is 443 g/mol. The van der Waals surface area contributed by atoms with Crippen molar-refractivity contribution < 1.29 is 14.3 Å². The van der Waals surface area contributed by atoms with E-state index in [1.807, 2.05) is 12.1 Å². The number of halogens is 1. The van der Waals surface area contributed by atoms with Crippen molar-refractivity contribution in [2.24, 2.45) is 5.73 Å². The first-order valence-electron chi connectivity index (χ1n) is 10.3. The Morgan fingerprint density at radius 3 is 2.55 bits per heavy atom. The van der Waals surface area contributed by atoms with E-state index in [1.165, 1.54) is 0 Å². The SMILES string of the molecule is COc1ccc([C@@H]2CN(C3(C(N)=O)CC3)CC[C@H]2NC(=O)Nc2ccc(Cl)cc2)nc1. The second-order valence-corrected chi connectivity index (χ2v) is 8.51. The summed E-state index contributed by atoms with van der Waals surface area (Å²) in [6.45, 7) is 1.27. The third-order valence-corrected chi connectivity index (χ3v) is 6.45. The minimum absolute atomic E-state index is 0.0903. The number of primary amides is 1. The molecule has 9 heteroatoms. The van der Waals surface area contributed by atoms with Gasteiger partial charge in [0.25, 0.3) is 0 Å². The van der Waals surface area contributed by atoms with Gasteiger partial charge in [-0.15, -0.1) is 0 Å². The number of urea groups is 1. The van der Waals surface area contributed by atoms with Gasteiger partial charge in [-0.3, -0.25) is 14.7 Å². The van der Waals surface area contributed by atoms with Crippen LogP contribution in [0.1, 0.15) is 30.9 Å². The summed E-state index contributed by atoms with van der Waals surface area (Å²) < 4.78 is 5.22. The molecule has 2 fully saturated rings. The number of hydrogen-bond acceptors (Lipinski definition) is 5. The van der Waals surface area contributed by atoms with Gasteiger partial charge in [0.1, 0.15) is 11.3 Å². The van der Waals surface area contributed by atoms with Crippen molar-refractivity contribution in [3.05, 3.63) is 53.3 Å². The van der Waals surface area contributed by atoms with Crippen LogP contribution in [0.25, 0.3) is 0 Å². The van der Waals surface area contributed by atoms with Gasteiger partial charge in [0.15, 0.2) is 0 Å². The van der Waals surface area contributed by atoms with Crippen LogP contribution in [0.5, 0.6) is 5.75 Å². The smallest absolute Gasteiger partial charge is 0.319 e. The average molecular weight is 444 g/mol. The zero-order valence-electron chi connectivity index (χ0n) is 17.3. The molecule has 0 unspecified atom stereocenters. The van der Waals surface area contributed by atoms with Crippen LogP contribution in [-0.2, 0) is 4.79 Å². The molecule has 1 saturated carbocycles. The molecule has 2 aromatic rings. The van der Waals surface area contributed by atoms with Crippen molar-refractivity contribution >= 4 is 29.2 Å². The number of rotatable bonds is 6. The molecule has 4 rings (SSSR count). The fourth-order valence-electron chi connectivity index (χ4n) is 4.25. The fraction of sp³-hybridized carbons (Fsp3) is 0.409. The Morgan fingerprint density at radius 2 is 1.97 bits per heavy atom. The van der Waals surface area contributed by atoms with E-state index in [1.54, 1.807) is 37.6 Å². The van der Waals surface area contributed by atoms with Crippen molar-refractivity contribution in [1.82, 2.24) is 15.2 Å². The van der Waals surface area contributed by atoms with Crippen LogP contribution in [0.15, 0.2) is 42.6 Å². The number of nitrogens with one attached hydrogen (secondary N) is 2. The summed E-state index contributed by atoms with van der Waals surface area (Å²) in [5.74, 6) is 0.297. The molecule has 0 bridgehead atoms. The molecule has 0 radical (unpaired) electrons. The highest BCUT2D eigenvalue weighted by Gasteiger charge is 2.55. The summed E-state index contributed by atoms with van der Waals surface area (Å²) in [5.41, 5.74) is 6.63. The molecule has 1 aromatic heterocycles. The predicted molar refractivity (Wildman–Crippen MR) is 118 cm³/mol. The Labute approximate surface area is 186 Å². The predicted octanol–water partition coefficient (Wildman–Crippen LogP) is 2.74. The number of amides is 3. The number of carbonyl (C=O) groups excluding carboxylic acids is 2. The maximum Gasteiger partial charge on any atom is 0.319 e. The maximum atomic E-state index is 12.7. The number of nitrogens with two attached hydrogens (primary N) is 1. The fourth-order valence-corrected chi connectivity index (χ4v) is 4.38. The van der Waals surface area contributed by atoms with Gasteiger partial charge in [0.05, 0.1) is 13.3 Å². The number of hydrogen-bond donors (Lipinski definition) is 3.